The molecule has 2 atom stereocenters. The summed E-state index contributed by atoms with van der Waals surface area (Å²) >= 11 is 6.57. The monoisotopic (exact) mass is 308 g/mol. The van der Waals surface area contributed by atoms with Gasteiger partial charge in [-0.05, 0) is 50.4 Å². The molecule has 1 rings (SSSR count). The van der Waals surface area contributed by atoms with Gasteiger partial charge >= 0.3 is 0 Å². The zero-order chi connectivity index (χ0) is 10.0. The second kappa shape index (κ2) is 4.50. The van der Waals surface area contributed by atoms with Gasteiger partial charge < -0.3 is 10.8 Å². The van der Waals surface area contributed by atoms with Crippen LogP contribution in [0.5, 0.6) is 0 Å². The van der Waals surface area contributed by atoms with Crippen LogP contribution in [0.25, 0.3) is 0 Å². The molecule has 0 aliphatic carbocycles. The Balaban J connectivity index is 2.97. The van der Waals surface area contributed by atoms with E-state index in [1.807, 2.05) is 6.07 Å². The van der Waals surface area contributed by atoms with Crippen LogP contribution in [0.1, 0.15) is 18.5 Å². The molecule has 0 aromatic carbocycles. The van der Waals surface area contributed by atoms with E-state index in [0.717, 1.165) is 14.6 Å². The van der Waals surface area contributed by atoms with Crippen LogP contribution in [0.3, 0.4) is 0 Å². The summed E-state index contributed by atoms with van der Waals surface area (Å²) in [7, 11) is 0. The third-order valence-corrected chi connectivity index (χ3v) is 3.49. The number of nitrogens with zero attached hydrogens (tertiary/aromatic N) is 1. The van der Waals surface area contributed by atoms with Crippen LogP contribution in [0.4, 0.5) is 0 Å². The van der Waals surface area contributed by atoms with Gasteiger partial charge in [-0.2, -0.15) is 0 Å². The van der Waals surface area contributed by atoms with Crippen LogP contribution in [-0.2, 0) is 0 Å². The number of aromatic nitrogens is 1. The maximum atomic E-state index is 9.25. The molecule has 0 aliphatic heterocycles. The topological polar surface area (TPSA) is 59.1 Å². The SMILES string of the molecule is C[C@H](O)[C@@H](N)c1cnc(Br)c(Br)c1. The quantitative estimate of drug-likeness (QED) is 0.821. The van der Waals surface area contributed by atoms with Crippen LogP contribution in [-0.4, -0.2) is 16.2 Å². The van der Waals surface area contributed by atoms with Gasteiger partial charge in [0.2, 0.25) is 0 Å². The molecule has 5 heteroatoms. The number of aliphatic hydroxyl groups excluding tert-OH is 1. The summed E-state index contributed by atoms with van der Waals surface area (Å²) in [5.74, 6) is 0. The lowest BCUT2D eigenvalue weighted by Gasteiger charge is -2.14. The fourth-order valence-corrected chi connectivity index (χ4v) is 1.48. The number of aliphatic hydroxyl groups is 1. The number of hydrogen-bond donors (Lipinski definition) is 2. The van der Waals surface area contributed by atoms with Crippen LogP contribution in [0, 0.1) is 0 Å². The first-order chi connectivity index (χ1) is 6.02. The molecule has 13 heavy (non-hydrogen) atoms. The van der Waals surface area contributed by atoms with Gasteiger partial charge in [0.05, 0.1) is 16.6 Å². The van der Waals surface area contributed by atoms with Crippen molar-refractivity contribution < 1.29 is 5.11 Å². The molecule has 1 heterocycles. The molecular weight excluding hydrogens is 300 g/mol. The summed E-state index contributed by atoms with van der Waals surface area (Å²) < 4.78 is 1.56. The second-order valence-corrected chi connectivity index (χ2v) is 4.41. The highest BCUT2D eigenvalue weighted by Gasteiger charge is 2.13. The van der Waals surface area contributed by atoms with E-state index in [0.29, 0.717) is 0 Å². The summed E-state index contributed by atoms with van der Waals surface area (Å²) in [5.41, 5.74) is 6.54. The number of nitrogens with two attached hydrogens (primary N) is 1. The van der Waals surface area contributed by atoms with Gasteiger partial charge in [-0.1, -0.05) is 0 Å². The van der Waals surface area contributed by atoms with E-state index in [2.05, 4.69) is 36.8 Å². The Labute approximate surface area is 93.6 Å². The third kappa shape index (κ3) is 2.74. The molecular formula is C8H10Br2N2O. The minimum atomic E-state index is -0.574. The molecule has 0 aliphatic rings. The summed E-state index contributed by atoms with van der Waals surface area (Å²) in [6, 6.07) is 1.45. The van der Waals surface area contributed by atoms with Crippen molar-refractivity contribution in [1.82, 2.24) is 4.98 Å². The van der Waals surface area contributed by atoms with E-state index in [1.54, 1.807) is 13.1 Å². The molecule has 0 saturated heterocycles. The Morgan fingerprint density at radius 3 is 2.62 bits per heavy atom. The standard InChI is InChI=1S/C8H10Br2N2O/c1-4(13)7(11)5-2-6(9)8(10)12-3-5/h2-4,7,13H,11H2,1H3/t4-,7+/m0/s1. The number of hydrogen-bond acceptors (Lipinski definition) is 3. The lowest BCUT2D eigenvalue weighted by molar-refractivity contribution is 0.164. The lowest BCUT2D eigenvalue weighted by Crippen LogP contribution is -2.23. The molecule has 0 bridgehead atoms. The highest BCUT2D eigenvalue weighted by molar-refractivity contribution is 9.13. The van der Waals surface area contributed by atoms with E-state index in [9.17, 15) is 5.11 Å². The number of pyridine rings is 1. The Hall–Kier alpha value is 0.0300. The average molecular weight is 310 g/mol. The smallest absolute Gasteiger partial charge is 0.120 e. The van der Waals surface area contributed by atoms with Crippen LogP contribution >= 0.6 is 31.9 Å². The molecule has 0 spiro atoms. The molecule has 1 aromatic heterocycles. The Kier molecular flexibility index (Phi) is 3.85. The van der Waals surface area contributed by atoms with Gasteiger partial charge in [0.1, 0.15) is 4.60 Å². The van der Waals surface area contributed by atoms with Crippen molar-refractivity contribution in [3.63, 3.8) is 0 Å². The first-order valence-electron chi connectivity index (χ1n) is 3.77. The van der Waals surface area contributed by atoms with Crippen molar-refractivity contribution in [2.24, 2.45) is 5.73 Å². The second-order valence-electron chi connectivity index (χ2n) is 2.81. The van der Waals surface area contributed by atoms with Crippen LogP contribution < -0.4 is 5.73 Å². The summed E-state index contributed by atoms with van der Waals surface area (Å²) in [5, 5.41) is 9.25. The zero-order valence-corrected chi connectivity index (χ0v) is 10.2. The molecule has 0 unspecified atom stereocenters. The first-order valence-corrected chi connectivity index (χ1v) is 5.35. The molecule has 0 fully saturated rings. The van der Waals surface area contributed by atoms with E-state index in [1.165, 1.54) is 0 Å². The Bertz CT molecular complexity index is 304. The van der Waals surface area contributed by atoms with Crippen molar-refractivity contribution in [2.75, 3.05) is 0 Å². The van der Waals surface area contributed by atoms with Gasteiger partial charge in [-0.3, -0.25) is 0 Å². The van der Waals surface area contributed by atoms with Gasteiger partial charge in [-0.15, -0.1) is 0 Å². The number of rotatable bonds is 2. The maximum Gasteiger partial charge on any atom is 0.120 e. The molecule has 0 radical (unpaired) electrons. The molecule has 0 saturated carbocycles. The molecule has 0 amide bonds. The lowest BCUT2D eigenvalue weighted by atomic mass is 10.1. The van der Waals surface area contributed by atoms with Crippen molar-refractivity contribution in [2.45, 2.75) is 19.1 Å². The van der Waals surface area contributed by atoms with Crippen LogP contribution in [0.15, 0.2) is 21.3 Å². The first kappa shape index (κ1) is 11.1. The van der Waals surface area contributed by atoms with E-state index in [4.69, 9.17) is 5.73 Å². The van der Waals surface area contributed by atoms with Crippen molar-refractivity contribution >= 4 is 31.9 Å². The molecule has 3 nitrogen and oxygen atoms in total. The summed E-state index contributed by atoms with van der Waals surface area (Å²) in [4.78, 5) is 4.06. The largest absolute Gasteiger partial charge is 0.391 e. The molecule has 3 N–H and O–H groups in total. The summed E-state index contributed by atoms with van der Waals surface area (Å²) in [6.45, 7) is 1.65. The van der Waals surface area contributed by atoms with Crippen molar-refractivity contribution in [3.05, 3.63) is 26.9 Å². The van der Waals surface area contributed by atoms with Gasteiger partial charge in [0.25, 0.3) is 0 Å². The third-order valence-electron chi connectivity index (χ3n) is 1.72. The molecule has 1 aromatic rings. The predicted molar refractivity (Wildman–Crippen MR) is 58.2 cm³/mol. The van der Waals surface area contributed by atoms with E-state index < -0.39 is 12.1 Å². The average Bonchev–Trinajstić information content (AvgIpc) is 2.08. The minimum absolute atomic E-state index is 0.392. The number of halogens is 2. The fraction of sp³-hybridized carbons (Fsp3) is 0.375. The minimum Gasteiger partial charge on any atom is -0.391 e. The fourth-order valence-electron chi connectivity index (χ4n) is 0.897. The highest BCUT2D eigenvalue weighted by atomic mass is 79.9. The molecule has 72 valence electrons. The summed E-state index contributed by atoms with van der Waals surface area (Å²) in [6.07, 6.45) is 1.07. The Morgan fingerprint density at radius 1 is 1.54 bits per heavy atom. The van der Waals surface area contributed by atoms with Gasteiger partial charge in [0, 0.05) is 6.20 Å². The normalized spacial score (nSPS) is 15.5. The van der Waals surface area contributed by atoms with Crippen molar-refractivity contribution in [3.8, 4) is 0 Å². The zero-order valence-electron chi connectivity index (χ0n) is 7.04. The van der Waals surface area contributed by atoms with Crippen molar-refractivity contribution in [1.29, 1.82) is 0 Å². The van der Waals surface area contributed by atoms with Crippen LogP contribution in [0.2, 0.25) is 0 Å². The maximum absolute atomic E-state index is 9.25. The van der Waals surface area contributed by atoms with Gasteiger partial charge in [-0.25, -0.2) is 4.98 Å². The Morgan fingerprint density at radius 2 is 2.15 bits per heavy atom. The van der Waals surface area contributed by atoms with E-state index in [-0.39, 0.29) is 0 Å². The van der Waals surface area contributed by atoms with Gasteiger partial charge in [0.15, 0.2) is 0 Å². The highest BCUT2D eigenvalue weighted by Crippen LogP contribution is 2.24. The van der Waals surface area contributed by atoms with E-state index >= 15 is 0 Å². The predicted octanol–water partition coefficient (Wildman–Crippen LogP) is 1.99.